The molecule has 0 spiro atoms. The fourth-order valence-corrected chi connectivity index (χ4v) is 2.47. The fourth-order valence-electron chi connectivity index (χ4n) is 1.62. The second-order valence-electron chi connectivity index (χ2n) is 3.96. The zero-order valence-corrected chi connectivity index (χ0v) is 12.3. The van der Waals surface area contributed by atoms with E-state index in [1.165, 1.54) is 5.56 Å². The van der Waals surface area contributed by atoms with E-state index in [-0.39, 0.29) is 0 Å². The lowest BCUT2D eigenvalue weighted by atomic mass is 10.2. The number of benzene rings is 2. The summed E-state index contributed by atoms with van der Waals surface area (Å²) in [6.07, 6.45) is 0. The summed E-state index contributed by atoms with van der Waals surface area (Å²) in [4.78, 5) is 0. The molecule has 0 aliphatic carbocycles. The van der Waals surface area contributed by atoms with Gasteiger partial charge in [0.15, 0.2) is 5.11 Å². The Balaban J connectivity index is 2.03. The molecule has 2 rings (SSSR count). The molecule has 0 heterocycles. The van der Waals surface area contributed by atoms with Crippen molar-refractivity contribution in [2.75, 3.05) is 10.6 Å². The molecule has 0 aliphatic rings. The van der Waals surface area contributed by atoms with Crippen molar-refractivity contribution in [1.82, 2.24) is 0 Å². The summed E-state index contributed by atoms with van der Waals surface area (Å²) in [6, 6.07) is 15.9. The molecule has 92 valence electrons. The Hall–Kier alpha value is -1.39. The van der Waals surface area contributed by atoms with Crippen LogP contribution in [0.4, 0.5) is 11.4 Å². The third-order valence-electron chi connectivity index (χ3n) is 2.33. The van der Waals surface area contributed by atoms with E-state index in [2.05, 4.69) is 32.6 Å². The van der Waals surface area contributed by atoms with Crippen LogP contribution in [0.15, 0.2) is 53.0 Å². The van der Waals surface area contributed by atoms with Gasteiger partial charge in [0.1, 0.15) is 0 Å². The van der Waals surface area contributed by atoms with Gasteiger partial charge in [-0.1, -0.05) is 34.1 Å². The average Bonchev–Trinajstić information content (AvgIpc) is 2.28. The van der Waals surface area contributed by atoms with Crippen molar-refractivity contribution in [1.29, 1.82) is 0 Å². The first-order chi connectivity index (χ1) is 8.63. The van der Waals surface area contributed by atoms with Gasteiger partial charge in [-0.05, 0) is 55.0 Å². The average molecular weight is 321 g/mol. The van der Waals surface area contributed by atoms with Crippen molar-refractivity contribution in [3.05, 3.63) is 58.6 Å². The fraction of sp³-hybridized carbons (Fsp3) is 0.0714. The minimum Gasteiger partial charge on any atom is -0.332 e. The van der Waals surface area contributed by atoms with E-state index >= 15 is 0 Å². The molecule has 0 unspecified atom stereocenters. The van der Waals surface area contributed by atoms with E-state index in [1.54, 1.807) is 0 Å². The molecule has 0 aromatic heterocycles. The Bertz CT molecular complexity index is 535. The quantitative estimate of drug-likeness (QED) is 0.793. The van der Waals surface area contributed by atoms with Gasteiger partial charge >= 0.3 is 0 Å². The van der Waals surface area contributed by atoms with E-state index < -0.39 is 0 Å². The van der Waals surface area contributed by atoms with Gasteiger partial charge in [0.25, 0.3) is 0 Å². The van der Waals surface area contributed by atoms with Crippen molar-refractivity contribution in [2.45, 2.75) is 6.92 Å². The first-order valence-corrected chi connectivity index (χ1v) is 6.74. The first kappa shape index (κ1) is 13.1. The highest BCUT2D eigenvalue weighted by Crippen LogP contribution is 2.19. The molecule has 2 nitrogen and oxygen atoms in total. The molecule has 4 heteroatoms. The van der Waals surface area contributed by atoms with Crippen LogP contribution in [0, 0.1) is 6.92 Å². The predicted molar refractivity (Wildman–Crippen MR) is 85.2 cm³/mol. The Morgan fingerprint density at radius 2 is 1.67 bits per heavy atom. The molecule has 2 aromatic carbocycles. The Morgan fingerprint density at radius 1 is 1.00 bits per heavy atom. The zero-order chi connectivity index (χ0) is 13.0. The van der Waals surface area contributed by atoms with Gasteiger partial charge in [-0.2, -0.15) is 0 Å². The molecule has 0 aliphatic heterocycles. The highest BCUT2D eigenvalue weighted by molar-refractivity contribution is 9.10. The summed E-state index contributed by atoms with van der Waals surface area (Å²) in [6.45, 7) is 2.05. The number of anilines is 2. The molecule has 0 saturated heterocycles. The predicted octanol–water partition coefficient (Wildman–Crippen LogP) is 4.57. The molecule has 0 bridgehead atoms. The summed E-state index contributed by atoms with van der Waals surface area (Å²) in [7, 11) is 0. The number of para-hydroxylation sites is 1. The Kier molecular flexibility index (Phi) is 4.33. The van der Waals surface area contributed by atoms with Crippen LogP contribution >= 0.6 is 28.1 Å². The maximum absolute atomic E-state index is 5.27. The van der Waals surface area contributed by atoms with E-state index in [0.29, 0.717) is 5.11 Å². The topological polar surface area (TPSA) is 24.1 Å². The maximum Gasteiger partial charge on any atom is 0.175 e. The van der Waals surface area contributed by atoms with Gasteiger partial charge in [0.2, 0.25) is 0 Å². The number of thiocarbonyl (C=S) groups is 1. The number of nitrogens with one attached hydrogen (secondary N) is 2. The van der Waals surface area contributed by atoms with Gasteiger partial charge in [0, 0.05) is 15.8 Å². The molecule has 0 radical (unpaired) electrons. The molecule has 0 atom stereocenters. The number of rotatable bonds is 2. The minimum absolute atomic E-state index is 0.582. The van der Waals surface area contributed by atoms with Crippen LogP contribution in [0.1, 0.15) is 5.56 Å². The summed E-state index contributed by atoms with van der Waals surface area (Å²) >= 11 is 8.73. The molecule has 2 N–H and O–H groups in total. The number of halogens is 1. The summed E-state index contributed by atoms with van der Waals surface area (Å²) in [5.74, 6) is 0. The van der Waals surface area contributed by atoms with Crippen LogP contribution in [-0.2, 0) is 0 Å². The molecule has 2 aromatic rings. The summed E-state index contributed by atoms with van der Waals surface area (Å²) < 4.78 is 1.03. The second kappa shape index (κ2) is 5.98. The maximum atomic E-state index is 5.27. The van der Waals surface area contributed by atoms with Crippen LogP contribution in [0.25, 0.3) is 0 Å². The monoisotopic (exact) mass is 320 g/mol. The summed E-state index contributed by atoms with van der Waals surface area (Å²) in [5.41, 5.74) is 3.12. The molecule has 18 heavy (non-hydrogen) atoms. The second-order valence-corrected chi connectivity index (χ2v) is 5.29. The van der Waals surface area contributed by atoms with E-state index in [1.807, 2.05) is 49.4 Å². The smallest absolute Gasteiger partial charge is 0.175 e. The van der Waals surface area contributed by atoms with Gasteiger partial charge in [-0.15, -0.1) is 0 Å². The number of hydrogen-bond acceptors (Lipinski definition) is 1. The lowest BCUT2D eigenvalue weighted by molar-refractivity contribution is 1.44. The molecule has 0 saturated carbocycles. The highest BCUT2D eigenvalue weighted by atomic mass is 79.9. The third kappa shape index (κ3) is 3.82. The molecule has 0 fully saturated rings. The van der Waals surface area contributed by atoms with Crippen LogP contribution in [0.3, 0.4) is 0 Å². The van der Waals surface area contributed by atoms with Gasteiger partial charge in [0.05, 0.1) is 0 Å². The van der Waals surface area contributed by atoms with Gasteiger partial charge in [-0.25, -0.2) is 0 Å². The van der Waals surface area contributed by atoms with Gasteiger partial charge < -0.3 is 10.6 Å². The third-order valence-corrected chi connectivity index (χ3v) is 2.99. The van der Waals surface area contributed by atoms with Crippen LogP contribution in [0.5, 0.6) is 0 Å². The molecule has 0 amide bonds. The lowest BCUT2D eigenvalue weighted by Crippen LogP contribution is -2.19. The Labute approximate surface area is 121 Å². The van der Waals surface area contributed by atoms with Crippen molar-refractivity contribution >= 4 is 44.6 Å². The van der Waals surface area contributed by atoms with E-state index in [0.717, 1.165) is 15.8 Å². The number of hydrogen-bond donors (Lipinski definition) is 2. The number of aryl methyl sites for hydroxylation is 1. The van der Waals surface area contributed by atoms with Crippen molar-refractivity contribution < 1.29 is 0 Å². The van der Waals surface area contributed by atoms with Crippen LogP contribution in [-0.4, -0.2) is 5.11 Å². The van der Waals surface area contributed by atoms with Crippen molar-refractivity contribution in [3.8, 4) is 0 Å². The van der Waals surface area contributed by atoms with E-state index in [9.17, 15) is 0 Å². The van der Waals surface area contributed by atoms with Crippen molar-refractivity contribution in [2.24, 2.45) is 0 Å². The lowest BCUT2D eigenvalue weighted by Gasteiger charge is -2.11. The first-order valence-electron chi connectivity index (χ1n) is 5.54. The van der Waals surface area contributed by atoms with Crippen LogP contribution in [0.2, 0.25) is 0 Å². The van der Waals surface area contributed by atoms with E-state index in [4.69, 9.17) is 12.2 Å². The molecular weight excluding hydrogens is 308 g/mol. The Morgan fingerprint density at radius 3 is 2.33 bits per heavy atom. The largest absolute Gasteiger partial charge is 0.332 e. The standard InChI is InChI=1S/C14H13BrN2S/c1-10-7-11(15)9-13(8-10)17-14(18)16-12-5-3-2-4-6-12/h2-9H,1H3,(H2,16,17,18). The zero-order valence-electron chi connectivity index (χ0n) is 9.91. The van der Waals surface area contributed by atoms with Gasteiger partial charge in [-0.3, -0.25) is 0 Å². The normalized spacial score (nSPS) is 9.89. The van der Waals surface area contributed by atoms with Crippen LogP contribution < -0.4 is 10.6 Å². The summed E-state index contributed by atoms with van der Waals surface area (Å²) in [5, 5.41) is 6.88. The highest BCUT2D eigenvalue weighted by Gasteiger charge is 2.00. The minimum atomic E-state index is 0.582. The molecular formula is C14H13BrN2S. The SMILES string of the molecule is Cc1cc(Br)cc(NC(=S)Nc2ccccc2)c1. The van der Waals surface area contributed by atoms with Crippen molar-refractivity contribution in [3.63, 3.8) is 0 Å².